The Bertz CT molecular complexity index is 221. The first-order valence-corrected chi connectivity index (χ1v) is 5.64. The van der Waals surface area contributed by atoms with Gasteiger partial charge in [-0.2, -0.15) is 0 Å². The van der Waals surface area contributed by atoms with Gasteiger partial charge in [-0.1, -0.05) is 0 Å². The van der Waals surface area contributed by atoms with Crippen molar-refractivity contribution < 1.29 is 24.3 Å². The number of hydrogen-bond acceptors (Lipinski definition) is 4. The standard InChI is InChI=1S/C2H4O2.3C2H3O.Al/c1-2(3)4;3*1-2-3;/h1H3,(H,3,4);3*1H3;. The molecule has 0 saturated carbocycles. The average Bonchev–Trinajstić information content (AvgIpc) is 1.80. The first-order chi connectivity index (χ1) is 6.20. The minimum atomic E-state index is -2.37. The molecule has 0 aliphatic heterocycles. The molecule has 0 unspecified atom stereocenters. The number of carbonyl (C=O) groups excluding carboxylic acids is 3. The zero-order valence-corrected chi connectivity index (χ0v) is 9.81. The third-order valence-corrected chi connectivity index (χ3v) is 3.66. The Morgan fingerprint density at radius 1 is 0.786 bits per heavy atom. The largest absolute Gasteiger partial charge is 0.546 e. The van der Waals surface area contributed by atoms with E-state index in [1.807, 2.05) is 0 Å². The summed E-state index contributed by atoms with van der Waals surface area (Å²) in [4.78, 5) is 40.9. The van der Waals surface area contributed by atoms with Crippen LogP contribution in [0.1, 0.15) is 27.7 Å². The van der Waals surface area contributed by atoms with E-state index in [0.717, 1.165) is 6.92 Å². The van der Waals surface area contributed by atoms with Crippen molar-refractivity contribution in [3.05, 3.63) is 0 Å². The average molecular weight is 216 g/mol. The van der Waals surface area contributed by atoms with Gasteiger partial charge in [-0.15, -0.1) is 0 Å². The smallest absolute Gasteiger partial charge is 0.481 e. The summed E-state index contributed by atoms with van der Waals surface area (Å²) in [5.41, 5.74) is 0. The molecule has 0 spiro atoms. The van der Waals surface area contributed by atoms with Crippen LogP contribution in [0.3, 0.4) is 0 Å². The van der Waals surface area contributed by atoms with E-state index in [0.29, 0.717) is 0 Å². The summed E-state index contributed by atoms with van der Waals surface area (Å²) in [6.45, 7) is 5.00. The summed E-state index contributed by atoms with van der Waals surface area (Å²) in [5.74, 6) is -0.833. The summed E-state index contributed by atoms with van der Waals surface area (Å²) in [6.07, 6.45) is 0. The van der Waals surface area contributed by atoms with Crippen LogP contribution in [0.2, 0.25) is 0 Å². The predicted octanol–water partition coefficient (Wildman–Crippen LogP) is -0.0433. The second-order valence-corrected chi connectivity index (χ2v) is 6.09. The Balaban J connectivity index is 0. The van der Waals surface area contributed by atoms with Crippen LogP contribution in [-0.2, 0) is 19.2 Å². The van der Waals surface area contributed by atoms with E-state index in [-0.39, 0.29) is 13.9 Å². The van der Waals surface area contributed by atoms with Gasteiger partial charge in [0.25, 0.3) is 5.97 Å². The quantitative estimate of drug-likeness (QED) is 0.668. The van der Waals surface area contributed by atoms with Crippen LogP contribution in [0.4, 0.5) is 0 Å². The van der Waals surface area contributed by atoms with Crippen LogP contribution in [-0.4, -0.2) is 39.2 Å². The fourth-order valence-corrected chi connectivity index (χ4v) is 2.58. The lowest BCUT2D eigenvalue weighted by atomic mass is 10.9. The highest BCUT2D eigenvalue weighted by molar-refractivity contribution is 7.27. The van der Waals surface area contributed by atoms with Crippen LogP contribution in [0, 0.1) is 0 Å². The Labute approximate surface area is 86.5 Å². The number of hydrogen-bond donors (Lipinski definition) is 1. The Hall–Kier alpha value is -0.988. The molecule has 0 fully saturated rings. The van der Waals surface area contributed by atoms with E-state index < -0.39 is 20.1 Å². The molecule has 0 aliphatic carbocycles. The normalized spacial score (nSPS) is 8.00. The molecular formula is C8H13AlO5. The van der Waals surface area contributed by atoms with E-state index in [9.17, 15) is 14.4 Å². The van der Waals surface area contributed by atoms with Gasteiger partial charge in [-0.25, -0.2) is 0 Å². The lowest BCUT2D eigenvalue weighted by Crippen LogP contribution is -2.39. The Kier molecular flexibility index (Phi) is 8.21. The number of rotatable bonds is 3. The van der Waals surface area contributed by atoms with Crippen molar-refractivity contribution in [3.63, 3.8) is 0 Å². The maximum Gasteiger partial charge on any atom is 0.546 e. The molecule has 6 heteroatoms. The van der Waals surface area contributed by atoms with Gasteiger partial charge in [0.15, 0.2) is 0 Å². The molecule has 0 amide bonds. The lowest BCUT2D eigenvalue weighted by Gasteiger charge is -1.95. The van der Waals surface area contributed by atoms with E-state index in [2.05, 4.69) is 0 Å². The van der Waals surface area contributed by atoms with E-state index in [1.54, 1.807) is 0 Å². The van der Waals surface area contributed by atoms with Crippen molar-refractivity contribution >= 4 is 34.1 Å². The molecule has 0 rings (SSSR count). The third-order valence-electron chi connectivity index (χ3n) is 1.22. The van der Waals surface area contributed by atoms with Crippen molar-refractivity contribution in [2.45, 2.75) is 27.7 Å². The van der Waals surface area contributed by atoms with Gasteiger partial charge >= 0.3 is 14.1 Å². The molecule has 0 atom stereocenters. The number of carboxylic acid groups (broad SMARTS) is 1. The lowest BCUT2D eigenvalue weighted by molar-refractivity contribution is -0.134. The fraction of sp³-hybridized carbons (Fsp3) is 0.500. The number of carbonyl (C=O) groups is 4. The minimum Gasteiger partial charge on any atom is -0.481 e. The second-order valence-electron chi connectivity index (χ2n) is 2.78. The van der Waals surface area contributed by atoms with Gasteiger partial charge in [0.2, 0.25) is 0 Å². The van der Waals surface area contributed by atoms with E-state index in [1.165, 1.54) is 20.8 Å². The Morgan fingerprint density at radius 3 is 0.929 bits per heavy atom. The number of aliphatic carboxylic acids is 1. The zero-order chi connectivity index (χ0) is 11.9. The Morgan fingerprint density at radius 2 is 0.929 bits per heavy atom. The van der Waals surface area contributed by atoms with Crippen LogP contribution in [0.5, 0.6) is 0 Å². The molecule has 0 aromatic carbocycles. The molecule has 0 bridgehead atoms. The molecule has 0 aliphatic rings. The van der Waals surface area contributed by atoms with Crippen molar-refractivity contribution in [2.75, 3.05) is 0 Å². The minimum absolute atomic E-state index is 0.236. The fourth-order valence-electron chi connectivity index (χ4n) is 0.859. The molecular weight excluding hydrogens is 203 g/mol. The first-order valence-electron chi connectivity index (χ1n) is 3.91. The highest BCUT2D eigenvalue weighted by Gasteiger charge is 2.35. The van der Waals surface area contributed by atoms with Crippen molar-refractivity contribution in [3.8, 4) is 0 Å². The second kappa shape index (κ2) is 7.42. The predicted molar refractivity (Wildman–Crippen MR) is 51.1 cm³/mol. The van der Waals surface area contributed by atoms with E-state index in [4.69, 9.17) is 9.90 Å². The summed E-state index contributed by atoms with van der Waals surface area (Å²) in [6, 6.07) is 0. The highest BCUT2D eigenvalue weighted by Crippen LogP contribution is 1.88. The summed E-state index contributed by atoms with van der Waals surface area (Å²) >= 11 is -2.37. The maximum absolute atomic E-state index is 10.6. The molecule has 0 saturated heterocycles. The highest BCUT2D eigenvalue weighted by atomic mass is 27.2. The third kappa shape index (κ3) is 9.10. The van der Waals surface area contributed by atoms with Crippen molar-refractivity contribution in [2.24, 2.45) is 0 Å². The molecule has 1 N–H and O–H groups in total. The van der Waals surface area contributed by atoms with Gasteiger partial charge in [0.05, 0.1) is 13.9 Å². The molecule has 78 valence electrons. The molecule has 0 heterocycles. The van der Waals surface area contributed by atoms with Gasteiger partial charge in [-0.3, -0.25) is 4.79 Å². The molecule has 0 radical (unpaired) electrons. The van der Waals surface area contributed by atoms with Gasteiger partial charge < -0.3 is 19.5 Å². The molecule has 5 nitrogen and oxygen atoms in total. The summed E-state index contributed by atoms with van der Waals surface area (Å²) < 4.78 is -0.708. The first kappa shape index (κ1) is 15.5. The van der Waals surface area contributed by atoms with Crippen LogP contribution in [0.25, 0.3) is 0 Å². The maximum atomic E-state index is 10.6. The van der Waals surface area contributed by atoms with Crippen LogP contribution in [0.15, 0.2) is 0 Å². The van der Waals surface area contributed by atoms with Crippen LogP contribution < -0.4 is 0 Å². The van der Waals surface area contributed by atoms with Gasteiger partial charge in [0.1, 0.15) is 0 Å². The molecule has 14 heavy (non-hydrogen) atoms. The van der Waals surface area contributed by atoms with Crippen molar-refractivity contribution in [1.29, 1.82) is 0 Å². The van der Waals surface area contributed by atoms with Crippen molar-refractivity contribution in [1.82, 2.24) is 0 Å². The topological polar surface area (TPSA) is 88.5 Å². The molecule has 0 aromatic heterocycles. The monoisotopic (exact) mass is 216 g/mol. The summed E-state index contributed by atoms with van der Waals surface area (Å²) in [5, 5.41) is 7.42. The van der Waals surface area contributed by atoms with Gasteiger partial charge in [-0.05, 0) is 20.8 Å². The zero-order valence-electron chi connectivity index (χ0n) is 8.66. The van der Waals surface area contributed by atoms with Gasteiger partial charge in [0, 0.05) is 6.92 Å². The summed E-state index contributed by atoms with van der Waals surface area (Å²) in [7, 11) is 0. The van der Waals surface area contributed by atoms with E-state index >= 15 is 0 Å². The molecule has 0 aromatic rings. The SMILES string of the molecule is CC(=O)O.C[C](=O)[Al]([C](C)=O)[C](C)=O. The van der Waals surface area contributed by atoms with Crippen LogP contribution >= 0.6 is 0 Å². The number of carboxylic acids is 1.